The van der Waals surface area contributed by atoms with Crippen LogP contribution in [0.5, 0.6) is 0 Å². The van der Waals surface area contributed by atoms with E-state index < -0.39 is 10.0 Å². The highest BCUT2D eigenvalue weighted by Crippen LogP contribution is 2.16. The van der Waals surface area contributed by atoms with E-state index in [1.54, 1.807) is 20.2 Å². The van der Waals surface area contributed by atoms with Crippen molar-refractivity contribution in [3.8, 4) is 0 Å². The second-order valence-electron chi connectivity index (χ2n) is 5.00. The van der Waals surface area contributed by atoms with Crippen LogP contribution in [0.4, 0.5) is 0 Å². The number of hydrogen-bond acceptors (Lipinski definition) is 3. The molecule has 1 unspecified atom stereocenters. The van der Waals surface area contributed by atoms with Gasteiger partial charge in [0.05, 0.1) is 5.69 Å². The van der Waals surface area contributed by atoms with E-state index in [9.17, 15) is 8.42 Å². The second-order valence-corrected chi connectivity index (χ2v) is 6.68. The summed E-state index contributed by atoms with van der Waals surface area (Å²) in [6, 6.07) is 0.0227. The van der Waals surface area contributed by atoms with Crippen molar-refractivity contribution in [3.05, 3.63) is 11.9 Å². The molecule has 1 N–H and O–H groups in total. The van der Waals surface area contributed by atoms with Gasteiger partial charge in [0.15, 0.2) is 0 Å². The summed E-state index contributed by atoms with van der Waals surface area (Å²) in [5, 5.41) is 4.09. The van der Waals surface area contributed by atoms with Crippen molar-refractivity contribution in [3.63, 3.8) is 0 Å². The predicted octanol–water partition coefficient (Wildman–Crippen LogP) is 2.37. The second kappa shape index (κ2) is 7.05. The minimum atomic E-state index is -3.46. The number of rotatable bonds is 8. The molecular weight excluding hydrogens is 262 g/mol. The first kappa shape index (κ1) is 16.2. The van der Waals surface area contributed by atoms with Crippen molar-refractivity contribution in [2.45, 2.75) is 63.8 Å². The Hall–Kier alpha value is -0.880. The lowest BCUT2D eigenvalue weighted by Gasteiger charge is -2.17. The molecule has 1 aromatic heterocycles. The quantitative estimate of drug-likeness (QED) is 0.798. The Labute approximate surface area is 116 Å². The van der Waals surface area contributed by atoms with Gasteiger partial charge < -0.3 is 0 Å². The predicted molar refractivity (Wildman–Crippen MR) is 76.5 cm³/mol. The summed E-state index contributed by atoms with van der Waals surface area (Å²) < 4.78 is 29.1. The average Bonchev–Trinajstić information content (AvgIpc) is 2.66. The van der Waals surface area contributed by atoms with Gasteiger partial charge in [-0.15, -0.1) is 0 Å². The van der Waals surface area contributed by atoms with E-state index in [1.807, 2.05) is 0 Å². The molecule has 19 heavy (non-hydrogen) atoms. The van der Waals surface area contributed by atoms with Gasteiger partial charge in [0.2, 0.25) is 10.0 Å². The topological polar surface area (TPSA) is 64.0 Å². The highest BCUT2D eigenvalue weighted by Gasteiger charge is 2.23. The summed E-state index contributed by atoms with van der Waals surface area (Å²) >= 11 is 0. The molecule has 6 heteroatoms. The third kappa shape index (κ3) is 4.62. The lowest BCUT2D eigenvalue weighted by Crippen LogP contribution is -2.35. The smallest absolute Gasteiger partial charge is 0.244 e. The molecule has 0 aromatic carbocycles. The molecule has 1 heterocycles. The van der Waals surface area contributed by atoms with Crippen molar-refractivity contribution >= 4 is 10.0 Å². The summed E-state index contributed by atoms with van der Waals surface area (Å²) in [5.41, 5.74) is 0.542. The zero-order valence-corrected chi connectivity index (χ0v) is 13.1. The summed E-state index contributed by atoms with van der Waals surface area (Å²) in [6.07, 6.45) is 6.41. The van der Waals surface area contributed by atoms with E-state index in [1.165, 1.54) is 4.68 Å². The Balaban J connectivity index is 2.84. The first-order valence-corrected chi connectivity index (χ1v) is 8.41. The van der Waals surface area contributed by atoms with Crippen LogP contribution in [0.25, 0.3) is 0 Å². The largest absolute Gasteiger partial charge is 0.274 e. The Bertz CT molecular complexity index is 494. The minimum Gasteiger partial charge on any atom is -0.274 e. The molecule has 0 bridgehead atoms. The number of hydrogen-bond donors (Lipinski definition) is 1. The van der Waals surface area contributed by atoms with Gasteiger partial charge in [-0.3, -0.25) is 4.68 Å². The van der Waals surface area contributed by atoms with E-state index in [2.05, 4.69) is 23.7 Å². The highest BCUT2D eigenvalue weighted by atomic mass is 32.2. The zero-order chi connectivity index (χ0) is 14.5. The van der Waals surface area contributed by atoms with Crippen LogP contribution in [0.1, 0.15) is 51.6 Å². The number of nitrogens with one attached hydrogen (secondary N) is 1. The van der Waals surface area contributed by atoms with Gasteiger partial charge in [-0.1, -0.05) is 33.1 Å². The van der Waals surface area contributed by atoms with Crippen molar-refractivity contribution < 1.29 is 8.42 Å². The van der Waals surface area contributed by atoms with E-state index >= 15 is 0 Å². The molecule has 0 amide bonds. The van der Waals surface area contributed by atoms with Crippen LogP contribution in [0, 0.1) is 6.92 Å². The Morgan fingerprint density at radius 2 is 2.00 bits per heavy atom. The normalized spacial score (nSPS) is 13.7. The molecule has 0 fully saturated rings. The van der Waals surface area contributed by atoms with E-state index in [-0.39, 0.29) is 10.9 Å². The van der Waals surface area contributed by atoms with Crippen LogP contribution < -0.4 is 4.72 Å². The molecule has 0 spiro atoms. The summed E-state index contributed by atoms with van der Waals surface area (Å²) in [5.74, 6) is 0. The fourth-order valence-corrected chi connectivity index (χ4v) is 3.71. The fourth-order valence-electron chi connectivity index (χ4n) is 2.19. The molecule has 0 saturated heterocycles. The molecule has 0 aliphatic carbocycles. The molecule has 0 aliphatic rings. The molecule has 0 aliphatic heterocycles. The Kier molecular flexibility index (Phi) is 6.00. The van der Waals surface area contributed by atoms with Crippen LogP contribution in [-0.2, 0) is 17.1 Å². The van der Waals surface area contributed by atoms with Crippen molar-refractivity contribution in [1.82, 2.24) is 14.5 Å². The van der Waals surface area contributed by atoms with Gasteiger partial charge in [0.1, 0.15) is 4.90 Å². The molecule has 5 nitrogen and oxygen atoms in total. The van der Waals surface area contributed by atoms with Gasteiger partial charge in [-0.05, 0) is 19.8 Å². The molecule has 0 radical (unpaired) electrons. The van der Waals surface area contributed by atoms with Crippen LogP contribution in [-0.4, -0.2) is 24.2 Å². The lowest BCUT2D eigenvalue weighted by molar-refractivity contribution is 0.483. The van der Waals surface area contributed by atoms with Gasteiger partial charge in [0, 0.05) is 19.3 Å². The number of unbranched alkanes of at least 4 members (excludes halogenated alkanes) is 1. The Morgan fingerprint density at radius 1 is 1.32 bits per heavy atom. The Morgan fingerprint density at radius 3 is 2.47 bits per heavy atom. The van der Waals surface area contributed by atoms with E-state index in [0.29, 0.717) is 5.69 Å². The molecule has 1 rings (SSSR count). The standard InChI is InChI=1S/C13H25N3O2S/c1-5-7-9-12(8-6-2)15-19(17,18)13-10-16(4)14-11(13)3/h10,12,15H,5-9H2,1-4H3. The molecule has 110 valence electrons. The maximum atomic E-state index is 12.4. The van der Waals surface area contributed by atoms with Gasteiger partial charge in [0.25, 0.3) is 0 Å². The summed E-state index contributed by atoms with van der Waals surface area (Å²) in [4.78, 5) is 0.285. The average molecular weight is 287 g/mol. The molecule has 1 aromatic rings. The number of aromatic nitrogens is 2. The van der Waals surface area contributed by atoms with Crippen molar-refractivity contribution in [2.75, 3.05) is 0 Å². The van der Waals surface area contributed by atoms with Crippen molar-refractivity contribution in [2.24, 2.45) is 7.05 Å². The third-order valence-corrected chi connectivity index (χ3v) is 4.75. The van der Waals surface area contributed by atoms with E-state index in [4.69, 9.17) is 0 Å². The molecular formula is C13H25N3O2S. The highest BCUT2D eigenvalue weighted by molar-refractivity contribution is 7.89. The van der Waals surface area contributed by atoms with Gasteiger partial charge in [-0.2, -0.15) is 5.10 Å². The van der Waals surface area contributed by atoms with E-state index in [0.717, 1.165) is 32.1 Å². The first-order valence-electron chi connectivity index (χ1n) is 6.93. The molecule has 0 saturated carbocycles. The fraction of sp³-hybridized carbons (Fsp3) is 0.769. The number of sulfonamides is 1. The summed E-state index contributed by atoms with van der Waals surface area (Å²) in [6.45, 7) is 5.90. The monoisotopic (exact) mass is 287 g/mol. The zero-order valence-electron chi connectivity index (χ0n) is 12.3. The number of aryl methyl sites for hydroxylation is 2. The maximum absolute atomic E-state index is 12.4. The first-order chi connectivity index (χ1) is 8.90. The SMILES string of the molecule is CCCCC(CCC)NS(=O)(=O)c1cn(C)nc1C. The van der Waals surface area contributed by atoms with Gasteiger partial charge >= 0.3 is 0 Å². The van der Waals surface area contributed by atoms with Crippen LogP contribution in [0.3, 0.4) is 0 Å². The van der Waals surface area contributed by atoms with Crippen LogP contribution in [0.2, 0.25) is 0 Å². The maximum Gasteiger partial charge on any atom is 0.244 e. The number of nitrogens with zero attached hydrogens (tertiary/aromatic N) is 2. The summed E-state index contributed by atoms with van der Waals surface area (Å²) in [7, 11) is -1.73. The minimum absolute atomic E-state index is 0.0227. The molecule has 1 atom stereocenters. The van der Waals surface area contributed by atoms with Gasteiger partial charge in [-0.25, -0.2) is 13.1 Å². The van der Waals surface area contributed by atoms with Crippen LogP contribution >= 0.6 is 0 Å². The third-order valence-electron chi connectivity index (χ3n) is 3.12. The van der Waals surface area contributed by atoms with Crippen LogP contribution in [0.15, 0.2) is 11.1 Å². The van der Waals surface area contributed by atoms with Crippen molar-refractivity contribution in [1.29, 1.82) is 0 Å². The lowest BCUT2D eigenvalue weighted by atomic mass is 10.1.